The molecule has 3 aromatic rings. The Balaban J connectivity index is 1.78. The van der Waals surface area contributed by atoms with Crippen LogP contribution in [0.4, 0.5) is 0 Å². The van der Waals surface area contributed by atoms with Crippen LogP contribution in [-0.2, 0) is 16.6 Å². The van der Waals surface area contributed by atoms with Crippen LogP contribution < -0.4 is 11.1 Å². The predicted molar refractivity (Wildman–Crippen MR) is 107 cm³/mol. The maximum absolute atomic E-state index is 13.5. The van der Waals surface area contributed by atoms with Crippen LogP contribution in [-0.4, -0.2) is 28.7 Å². The number of benzene rings is 2. The molecule has 0 bridgehead atoms. The number of nitrogens with zero attached hydrogens (tertiary/aromatic N) is 1. The summed E-state index contributed by atoms with van der Waals surface area (Å²) in [5, 5.41) is 0. The minimum Gasteiger partial charge on any atom is -0.316 e. The molecule has 1 atom stereocenters. The van der Waals surface area contributed by atoms with Crippen LogP contribution in [0.5, 0.6) is 0 Å². The van der Waals surface area contributed by atoms with Crippen LogP contribution in [0.25, 0.3) is 11.0 Å². The van der Waals surface area contributed by atoms with Crippen molar-refractivity contribution in [2.45, 2.75) is 37.2 Å². The molecule has 1 saturated carbocycles. The zero-order valence-electron chi connectivity index (χ0n) is 15.4. The lowest BCUT2D eigenvalue weighted by Gasteiger charge is -2.28. The van der Waals surface area contributed by atoms with E-state index >= 15 is 0 Å². The smallest absolute Gasteiger partial charge is 0.314 e. The molecule has 1 aliphatic carbocycles. The van der Waals surface area contributed by atoms with Crippen LogP contribution in [0, 0.1) is 5.92 Å². The molecule has 0 amide bonds. The number of nitrogens with one attached hydrogen (secondary N) is 2. The minimum absolute atomic E-state index is 0.0890. The number of rotatable bonds is 6. The van der Waals surface area contributed by atoms with Crippen molar-refractivity contribution in [1.29, 1.82) is 0 Å². The summed E-state index contributed by atoms with van der Waals surface area (Å²) in [4.78, 5) is 28.1. The molecule has 2 aromatic carbocycles. The second-order valence-corrected chi connectivity index (χ2v) is 9.12. The van der Waals surface area contributed by atoms with Crippen molar-refractivity contribution in [2.24, 2.45) is 5.92 Å². The first-order chi connectivity index (χ1) is 13.4. The second-order valence-electron chi connectivity index (χ2n) is 7.23. The third kappa shape index (κ3) is 3.53. The van der Waals surface area contributed by atoms with Crippen molar-refractivity contribution in [1.82, 2.24) is 14.3 Å². The van der Waals surface area contributed by atoms with E-state index in [9.17, 15) is 18.0 Å². The molecule has 0 aliphatic heterocycles. The van der Waals surface area contributed by atoms with E-state index < -0.39 is 21.1 Å². The Labute approximate surface area is 162 Å². The van der Waals surface area contributed by atoms with Crippen molar-refractivity contribution >= 4 is 21.1 Å². The minimum atomic E-state index is -3.80. The summed E-state index contributed by atoms with van der Waals surface area (Å²) in [6, 6.07) is 13.7. The molecular weight excluding hydrogens is 378 g/mol. The quantitative estimate of drug-likeness (QED) is 0.620. The molecule has 0 unspecified atom stereocenters. The van der Waals surface area contributed by atoms with Crippen molar-refractivity contribution in [2.75, 3.05) is 0 Å². The SMILES string of the molecule is C[C@H](C1CC1)N(Cc1ccccc1)S(=O)(=O)c1ccc2[nH]c(=O)c(=O)[nH]c2c1. The number of hydrogen-bond acceptors (Lipinski definition) is 4. The highest BCUT2D eigenvalue weighted by Gasteiger charge is 2.38. The van der Waals surface area contributed by atoms with Crippen LogP contribution in [0.3, 0.4) is 0 Å². The first kappa shape index (κ1) is 18.6. The molecule has 7 nitrogen and oxygen atoms in total. The monoisotopic (exact) mass is 399 g/mol. The van der Waals surface area contributed by atoms with E-state index in [2.05, 4.69) is 9.97 Å². The Hall–Kier alpha value is -2.71. The predicted octanol–water partition coefficient (Wildman–Crippen LogP) is 2.21. The summed E-state index contributed by atoms with van der Waals surface area (Å²) in [5.41, 5.74) is 0.000572. The molecule has 1 heterocycles. The molecular formula is C20H21N3O4S. The van der Waals surface area contributed by atoms with Crippen molar-refractivity contribution in [3.63, 3.8) is 0 Å². The normalized spacial score (nSPS) is 15.8. The van der Waals surface area contributed by atoms with Gasteiger partial charge in [0.1, 0.15) is 0 Å². The number of H-pyrrole nitrogens is 2. The second kappa shape index (κ2) is 7.03. The molecule has 8 heteroatoms. The number of fused-ring (bicyclic) bond motifs is 1. The van der Waals surface area contributed by atoms with Gasteiger partial charge in [-0.3, -0.25) is 9.59 Å². The summed E-state index contributed by atoms with van der Waals surface area (Å²) < 4.78 is 28.5. The van der Waals surface area contributed by atoms with Gasteiger partial charge in [0.2, 0.25) is 10.0 Å². The van der Waals surface area contributed by atoms with Gasteiger partial charge in [0, 0.05) is 12.6 Å². The van der Waals surface area contributed by atoms with Gasteiger partial charge in [-0.25, -0.2) is 8.42 Å². The fourth-order valence-corrected chi connectivity index (χ4v) is 5.12. The lowest BCUT2D eigenvalue weighted by Crippen LogP contribution is -2.39. The van der Waals surface area contributed by atoms with Gasteiger partial charge in [-0.05, 0) is 49.4 Å². The van der Waals surface area contributed by atoms with Crippen LogP contribution in [0.2, 0.25) is 0 Å². The van der Waals surface area contributed by atoms with Crippen molar-refractivity contribution in [3.8, 4) is 0 Å². The average molecular weight is 399 g/mol. The number of aromatic amines is 2. The summed E-state index contributed by atoms with van der Waals surface area (Å²) in [7, 11) is -3.80. The number of hydrogen-bond donors (Lipinski definition) is 2. The van der Waals surface area contributed by atoms with E-state index in [1.807, 2.05) is 37.3 Å². The van der Waals surface area contributed by atoms with Crippen molar-refractivity contribution in [3.05, 3.63) is 74.8 Å². The van der Waals surface area contributed by atoms with E-state index in [-0.39, 0.29) is 23.0 Å². The van der Waals surface area contributed by atoms with Gasteiger partial charge in [0.15, 0.2) is 0 Å². The van der Waals surface area contributed by atoms with Gasteiger partial charge in [-0.15, -0.1) is 0 Å². The van der Waals surface area contributed by atoms with Crippen LogP contribution in [0.1, 0.15) is 25.3 Å². The van der Waals surface area contributed by atoms with Gasteiger partial charge in [-0.2, -0.15) is 4.31 Å². The third-order valence-corrected chi connectivity index (χ3v) is 7.17. The first-order valence-electron chi connectivity index (χ1n) is 9.18. The Morgan fingerprint density at radius 3 is 2.29 bits per heavy atom. The summed E-state index contributed by atoms with van der Waals surface area (Å²) in [5.74, 6) is 0.357. The van der Waals surface area contributed by atoms with E-state index in [0.29, 0.717) is 11.4 Å². The fraction of sp³-hybridized carbons (Fsp3) is 0.300. The largest absolute Gasteiger partial charge is 0.316 e. The molecule has 28 heavy (non-hydrogen) atoms. The first-order valence-corrected chi connectivity index (χ1v) is 10.6. The Kier molecular flexibility index (Phi) is 4.68. The Morgan fingerprint density at radius 2 is 1.64 bits per heavy atom. The maximum Gasteiger partial charge on any atom is 0.314 e. The van der Waals surface area contributed by atoms with Gasteiger partial charge in [0.25, 0.3) is 0 Å². The molecule has 1 fully saturated rings. The Morgan fingerprint density at radius 1 is 1.00 bits per heavy atom. The lowest BCUT2D eigenvalue weighted by atomic mass is 10.2. The average Bonchev–Trinajstić information content (AvgIpc) is 3.52. The lowest BCUT2D eigenvalue weighted by molar-refractivity contribution is 0.303. The van der Waals surface area contributed by atoms with E-state index in [4.69, 9.17) is 0 Å². The molecule has 0 saturated heterocycles. The fourth-order valence-electron chi connectivity index (χ4n) is 3.41. The highest BCUT2D eigenvalue weighted by atomic mass is 32.2. The number of sulfonamides is 1. The topological polar surface area (TPSA) is 103 Å². The number of aromatic nitrogens is 2. The summed E-state index contributed by atoms with van der Waals surface area (Å²) in [6.07, 6.45) is 2.04. The molecule has 4 rings (SSSR count). The maximum atomic E-state index is 13.5. The highest BCUT2D eigenvalue weighted by Crippen LogP contribution is 2.38. The highest BCUT2D eigenvalue weighted by molar-refractivity contribution is 7.89. The van der Waals surface area contributed by atoms with E-state index in [1.54, 1.807) is 0 Å². The van der Waals surface area contributed by atoms with Gasteiger partial charge < -0.3 is 9.97 Å². The summed E-state index contributed by atoms with van der Waals surface area (Å²) >= 11 is 0. The van der Waals surface area contributed by atoms with Crippen molar-refractivity contribution < 1.29 is 8.42 Å². The van der Waals surface area contributed by atoms with Gasteiger partial charge >= 0.3 is 11.1 Å². The van der Waals surface area contributed by atoms with E-state index in [0.717, 1.165) is 18.4 Å². The third-order valence-electron chi connectivity index (χ3n) is 5.24. The zero-order valence-corrected chi connectivity index (χ0v) is 16.2. The van der Waals surface area contributed by atoms with Gasteiger partial charge in [0.05, 0.1) is 15.9 Å². The molecule has 1 aliphatic rings. The molecule has 2 N–H and O–H groups in total. The van der Waals surface area contributed by atoms with Gasteiger partial charge in [-0.1, -0.05) is 30.3 Å². The molecule has 146 valence electrons. The van der Waals surface area contributed by atoms with Crippen LogP contribution in [0.15, 0.2) is 63.0 Å². The Bertz CT molecular complexity index is 1230. The summed E-state index contributed by atoms with van der Waals surface area (Å²) in [6.45, 7) is 2.22. The van der Waals surface area contributed by atoms with E-state index in [1.165, 1.54) is 22.5 Å². The molecule has 0 radical (unpaired) electrons. The molecule has 1 aromatic heterocycles. The molecule has 0 spiro atoms. The van der Waals surface area contributed by atoms with Crippen LogP contribution >= 0.6 is 0 Å². The standard InChI is InChI=1S/C20H21N3O4S/c1-13(15-7-8-15)23(12-14-5-3-2-4-6-14)28(26,27)16-9-10-17-18(11-16)22-20(25)19(24)21-17/h2-6,9-11,13,15H,7-8,12H2,1H3,(H,21,24)(H,22,25)/t13-/m1/s1. The zero-order chi connectivity index (χ0) is 19.9.